The summed E-state index contributed by atoms with van der Waals surface area (Å²) in [5, 5.41) is 9.91. The molecular formula is C6H10NNaO4. The summed E-state index contributed by atoms with van der Waals surface area (Å²) in [5.74, 6) is -0.618. The first-order valence-corrected chi connectivity index (χ1v) is 2.90. The van der Waals surface area contributed by atoms with E-state index in [-0.39, 0.29) is 44.1 Å². The van der Waals surface area contributed by atoms with Crippen molar-refractivity contribution in [2.24, 2.45) is 0 Å². The summed E-state index contributed by atoms with van der Waals surface area (Å²) in [6, 6.07) is 0. The van der Waals surface area contributed by atoms with Crippen molar-refractivity contribution in [1.82, 2.24) is 5.32 Å². The number of carbonyl (C=O) groups is 2. The molecule has 0 aromatic carbocycles. The molecule has 0 aliphatic heterocycles. The normalized spacial score (nSPS) is 7.67. The van der Waals surface area contributed by atoms with Gasteiger partial charge in [-0.15, -0.1) is 0 Å². The minimum absolute atomic E-state index is 0. The summed E-state index contributed by atoms with van der Waals surface area (Å²) in [7, 11) is 0. The van der Waals surface area contributed by atoms with E-state index >= 15 is 0 Å². The molecule has 0 bridgehead atoms. The molecule has 0 fully saturated rings. The van der Waals surface area contributed by atoms with E-state index < -0.39 is 12.1 Å². The van der Waals surface area contributed by atoms with E-state index in [1.165, 1.54) is 6.08 Å². The molecule has 0 rings (SSSR count). The molecule has 2 N–H and O–H groups in total. The maximum Gasteiger partial charge on any atom is 1.00 e. The molecule has 0 aliphatic carbocycles. The van der Waals surface area contributed by atoms with Crippen LogP contribution >= 0.6 is 0 Å². The van der Waals surface area contributed by atoms with Crippen molar-refractivity contribution in [2.45, 2.75) is 0 Å². The molecule has 64 valence electrons. The minimum atomic E-state index is -1.25. The third kappa shape index (κ3) is 9.48. The third-order valence-electron chi connectivity index (χ3n) is 0.746. The Morgan fingerprint density at radius 1 is 1.67 bits per heavy atom. The van der Waals surface area contributed by atoms with Crippen LogP contribution in [0.25, 0.3) is 0 Å². The fourth-order valence-electron chi connectivity index (χ4n) is 0.351. The van der Waals surface area contributed by atoms with Gasteiger partial charge in [0.15, 0.2) is 0 Å². The first kappa shape index (κ1) is 14.0. The molecule has 0 heterocycles. The van der Waals surface area contributed by atoms with Crippen LogP contribution in [0.4, 0.5) is 4.79 Å². The molecule has 0 aromatic heterocycles. The van der Waals surface area contributed by atoms with Gasteiger partial charge in [0, 0.05) is 0 Å². The number of ether oxygens (including phenoxy) is 1. The summed E-state index contributed by atoms with van der Waals surface area (Å²) in [6.07, 6.45) is 0.152. The predicted octanol–water partition coefficient (Wildman–Crippen LogP) is -2.90. The summed E-state index contributed by atoms with van der Waals surface area (Å²) >= 11 is 0. The Hall–Kier alpha value is -0.520. The topological polar surface area (TPSA) is 75.6 Å². The second kappa shape index (κ2) is 8.58. The van der Waals surface area contributed by atoms with Gasteiger partial charge in [0.2, 0.25) is 0 Å². The van der Waals surface area contributed by atoms with Crippen LogP contribution in [-0.4, -0.2) is 30.3 Å². The van der Waals surface area contributed by atoms with Crippen molar-refractivity contribution in [1.29, 1.82) is 0 Å². The number of nitrogens with one attached hydrogen (secondary N) is 1. The standard InChI is InChI=1S/C6H9NO4.Na.H/c1-2-3-11-5(8)4-7-6(9)10;;/h2,7H,1,3-4H2,(H,9,10);;/q;+1;-1. The first-order chi connectivity index (χ1) is 5.16. The van der Waals surface area contributed by atoms with Gasteiger partial charge in [-0.25, -0.2) is 4.79 Å². The van der Waals surface area contributed by atoms with Crippen molar-refractivity contribution in [3.05, 3.63) is 12.7 Å². The zero-order valence-electron chi connectivity index (χ0n) is 7.87. The third-order valence-corrected chi connectivity index (χ3v) is 0.746. The van der Waals surface area contributed by atoms with E-state index in [0.717, 1.165) is 0 Å². The van der Waals surface area contributed by atoms with Crippen molar-refractivity contribution in [3.8, 4) is 0 Å². The average Bonchev–Trinajstić information content (AvgIpc) is 1.97. The van der Waals surface area contributed by atoms with Crippen LogP contribution in [0.5, 0.6) is 0 Å². The molecule has 0 aromatic rings. The molecule has 5 nitrogen and oxygen atoms in total. The second-order valence-electron chi connectivity index (χ2n) is 1.63. The van der Waals surface area contributed by atoms with Gasteiger partial charge in [0.25, 0.3) is 0 Å². The van der Waals surface area contributed by atoms with Gasteiger partial charge in [0.05, 0.1) is 0 Å². The molecule has 0 radical (unpaired) electrons. The van der Waals surface area contributed by atoms with E-state index in [0.29, 0.717) is 0 Å². The Balaban J connectivity index is -0.000000500. The molecule has 0 saturated carbocycles. The number of amides is 1. The Labute approximate surface area is 93.6 Å². The van der Waals surface area contributed by atoms with Gasteiger partial charge >= 0.3 is 41.6 Å². The van der Waals surface area contributed by atoms with Crippen LogP contribution in [0.1, 0.15) is 1.43 Å². The van der Waals surface area contributed by atoms with E-state index in [9.17, 15) is 9.59 Å². The molecule has 0 saturated heterocycles. The van der Waals surface area contributed by atoms with Crippen molar-refractivity contribution >= 4 is 12.1 Å². The molecule has 1 amide bonds. The summed E-state index contributed by atoms with van der Waals surface area (Å²) in [4.78, 5) is 20.3. The van der Waals surface area contributed by atoms with Gasteiger partial charge in [0.1, 0.15) is 13.2 Å². The quantitative estimate of drug-likeness (QED) is 0.278. The number of hydrogen-bond donors (Lipinski definition) is 2. The van der Waals surface area contributed by atoms with E-state index in [1.54, 1.807) is 0 Å². The summed E-state index contributed by atoms with van der Waals surface area (Å²) < 4.78 is 4.46. The van der Waals surface area contributed by atoms with Crippen LogP contribution in [0.2, 0.25) is 0 Å². The van der Waals surface area contributed by atoms with E-state index in [4.69, 9.17) is 5.11 Å². The molecule has 0 spiro atoms. The summed E-state index contributed by atoms with van der Waals surface area (Å²) in [6.45, 7) is 3.08. The molecule has 12 heavy (non-hydrogen) atoms. The number of rotatable bonds is 4. The monoisotopic (exact) mass is 183 g/mol. The Bertz CT molecular complexity index is 176. The molecule has 0 aliphatic rings. The predicted molar refractivity (Wildman–Crippen MR) is 38.3 cm³/mol. The molecule has 6 heteroatoms. The number of esters is 1. The van der Waals surface area contributed by atoms with Gasteiger partial charge in [-0.05, 0) is 0 Å². The van der Waals surface area contributed by atoms with E-state index in [1.807, 2.05) is 5.32 Å². The van der Waals surface area contributed by atoms with E-state index in [2.05, 4.69) is 11.3 Å². The van der Waals surface area contributed by atoms with Crippen LogP contribution in [0.3, 0.4) is 0 Å². The largest absolute Gasteiger partial charge is 1.00 e. The number of carboxylic acid groups (broad SMARTS) is 1. The van der Waals surface area contributed by atoms with Crippen molar-refractivity contribution in [2.75, 3.05) is 13.2 Å². The van der Waals surface area contributed by atoms with Crippen molar-refractivity contribution < 1.29 is 50.4 Å². The van der Waals surface area contributed by atoms with Gasteiger partial charge in [-0.1, -0.05) is 12.7 Å². The van der Waals surface area contributed by atoms with Crippen LogP contribution < -0.4 is 34.9 Å². The fourth-order valence-corrected chi connectivity index (χ4v) is 0.351. The maximum absolute atomic E-state index is 10.5. The van der Waals surface area contributed by atoms with Crippen LogP contribution in [0, 0.1) is 0 Å². The Kier molecular flexibility index (Phi) is 10.0. The fraction of sp³-hybridized carbons (Fsp3) is 0.333. The van der Waals surface area contributed by atoms with Gasteiger partial charge < -0.3 is 16.6 Å². The van der Waals surface area contributed by atoms with Crippen LogP contribution in [0.15, 0.2) is 12.7 Å². The smallest absolute Gasteiger partial charge is 1.00 e. The molecule has 0 atom stereocenters. The SMILES string of the molecule is C=CCOC(=O)CNC(=O)O.[H-].[Na+]. The molecular weight excluding hydrogens is 173 g/mol. The zero-order chi connectivity index (χ0) is 8.69. The zero-order valence-corrected chi connectivity index (χ0v) is 8.87. The van der Waals surface area contributed by atoms with Gasteiger partial charge in [-0.3, -0.25) is 4.79 Å². The van der Waals surface area contributed by atoms with Crippen molar-refractivity contribution in [3.63, 3.8) is 0 Å². The van der Waals surface area contributed by atoms with Crippen LogP contribution in [-0.2, 0) is 9.53 Å². The first-order valence-electron chi connectivity index (χ1n) is 2.90. The second-order valence-corrected chi connectivity index (χ2v) is 1.63. The minimum Gasteiger partial charge on any atom is -1.00 e. The Morgan fingerprint density at radius 2 is 2.25 bits per heavy atom. The van der Waals surface area contributed by atoms with Gasteiger partial charge in [-0.2, -0.15) is 0 Å². The summed E-state index contributed by atoms with van der Waals surface area (Å²) in [5.41, 5.74) is 0. The number of carbonyl (C=O) groups excluding carboxylic acids is 1. The Morgan fingerprint density at radius 3 is 2.67 bits per heavy atom. The average molecular weight is 183 g/mol. The number of hydrogen-bond acceptors (Lipinski definition) is 3. The molecule has 0 unspecified atom stereocenters. The maximum atomic E-state index is 10.5.